The quantitative estimate of drug-likeness (QED) is 0.885. The Labute approximate surface area is 114 Å². The third-order valence-electron chi connectivity index (χ3n) is 4.55. The Kier molecular flexibility index (Phi) is 3.85. The van der Waals surface area contributed by atoms with Gasteiger partial charge in [0.05, 0.1) is 12.2 Å². The van der Waals surface area contributed by atoms with Crippen molar-refractivity contribution in [1.82, 2.24) is 5.32 Å². The predicted molar refractivity (Wildman–Crippen MR) is 73.7 cm³/mol. The predicted octanol–water partition coefficient (Wildman–Crippen LogP) is 3.09. The average Bonchev–Trinajstić information content (AvgIpc) is 2.85. The van der Waals surface area contributed by atoms with Crippen molar-refractivity contribution in [3.63, 3.8) is 0 Å². The van der Waals surface area contributed by atoms with Crippen LogP contribution in [0.25, 0.3) is 0 Å². The van der Waals surface area contributed by atoms with Gasteiger partial charge in [0.25, 0.3) is 0 Å². The van der Waals surface area contributed by atoms with Gasteiger partial charge in [-0.25, -0.2) is 4.39 Å². The summed E-state index contributed by atoms with van der Waals surface area (Å²) in [6, 6.07) is 7.06. The maximum absolute atomic E-state index is 13.4. The number of piperidine rings is 1. The first-order valence-corrected chi connectivity index (χ1v) is 7.35. The van der Waals surface area contributed by atoms with Crippen LogP contribution in [0.3, 0.4) is 0 Å². The molecule has 1 aromatic rings. The first-order chi connectivity index (χ1) is 9.24. The fourth-order valence-electron chi connectivity index (χ4n) is 3.57. The van der Waals surface area contributed by atoms with Gasteiger partial charge in [-0.2, -0.15) is 0 Å². The number of benzene rings is 1. The average molecular weight is 263 g/mol. The second kappa shape index (κ2) is 5.59. The molecule has 1 N–H and O–H groups in total. The molecule has 3 heteroatoms. The molecule has 2 nitrogen and oxygen atoms in total. The fraction of sp³-hybridized carbons (Fsp3) is 0.625. The van der Waals surface area contributed by atoms with Crippen LogP contribution in [0.5, 0.6) is 0 Å². The van der Waals surface area contributed by atoms with Crippen molar-refractivity contribution < 1.29 is 9.13 Å². The van der Waals surface area contributed by atoms with Crippen LogP contribution >= 0.6 is 0 Å². The van der Waals surface area contributed by atoms with Crippen LogP contribution in [0.4, 0.5) is 4.39 Å². The summed E-state index contributed by atoms with van der Waals surface area (Å²) in [5.41, 5.74) is 1.11. The van der Waals surface area contributed by atoms with E-state index in [4.69, 9.17) is 4.74 Å². The van der Waals surface area contributed by atoms with Crippen LogP contribution in [-0.4, -0.2) is 25.3 Å². The molecule has 1 aromatic carbocycles. The van der Waals surface area contributed by atoms with Gasteiger partial charge in [0.2, 0.25) is 0 Å². The minimum atomic E-state index is -0.137. The molecule has 0 spiro atoms. The Morgan fingerprint density at radius 3 is 2.89 bits per heavy atom. The molecule has 0 aliphatic carbocycles. The SMILES string of the molecule is CC1CCC(C2CCNCC2c2cccc(F)c2)O1. The maximum atomic E-state index is 13.4. The maximum Gasteiger partial charge on any atom is 0.123 e. The monoisotopic (exact) mass is 263 g/mol. The minimum absolute atomic E-state index is 0.137. The lowest BCUT2D eigenvalue weighted by Gasteiger charge is -2.36. The second-order valence-electron chi connectivity index (χ2n) is 5.88. The van der Waals surface area contributed by atoms with Crippen LogP contribution in [0.15, 0.2) is 24.3 Å². The van der Waals surface area contributed by atoms with Crippen molar-refractivity contribution in [3.05, 3.63) is 35.6 Å². The number of halogens is 1. The number of hydrogen-bond acceptors (Lipinski definition) is 2. The molecule has 104 valence electrons. The zero-order chi connectivity index (χ0) is 13.2. The lowest BCUT2D eigenvalue weighted by atomic mass is 9.77. The number of rotatable bonds is 2. The molecule has 2 aliphatic rings. The van der Waals surface area contributed by atoms with Crippen molar-refractivity contribution in [2.75, 3.05) is 13.1 Å². The van der Waals surface area contributed by atoms with E-state index in [1.807, 2.05) is 12.1 Å². The summed E-state index contributed by atoms with van der Waals surface area (Å²) in [6.07, 6.45) is 4.17. The summed E-state index contributed by atoms with van der Waals surface area (Å²) in [5.74, 6) is 0.760. The molecule has 4 unspecified atom stereocenters. The molecule has 2 heterocycles. The molecule has 4 atom stereocenters. The second-order valence-corrected chi connectivity index (χ2v) is 5.88. The van der Waals surface area contributed by atoms with Gasteiger partial charge in [0.15, 0.2) is 0 Å². The van der Waals surface area contributed by atoms with Crippen molar-refractivity contribution in [3.8, 4) is 0 Å². The van der Waals surface area contributed by atoms with E-state index in [0.29, 0.717) is 24.0 Å². The summed E-state index contributed by atoms with van der Waals surface area (Å²) in [6.45, 7) is 4.13. The molecular formula is C16H22FNO. The van der Waals surface area contributed by atoms with Gasteiger partial charge in [-0.3, -0.25) is 0 Å². The van der Waals surface area contributed by atoms with Crippen LogP contribution in [0.2, 0.25) is 0 Å². The summed E-state index contributed by atoms with van der Waals surface area (Å²) in [5, 5.41) is 3.44. The van der Waals surface area contributed by atoms with E-state index in [1.165, 1.54) is 6.07 Å². The normalized spacial score (nSPS) is 35.5. The highest BCUT2D eigenvalue weighted by Crippen LogP contribution is 2.38. The molecule has 0 bridgehead atoms. The van der Waals surface area contributed by atoms with Crippen molar-refractivity contribution in [2.24, 2.45) is 5.92 Å². The van der Waals surface area contributed by atoms with E-state index in [0.717, 1.165) is 37.9 Å². The Morgan fingerprint density at radius 2 is 2.16 bits per heavy atom. The highest BCUT2D eigenvalue weighted by atomic mass is 19.1. The fourth-order valence-corrected chi connectivity index (χ4v) is 3.57. The van der Waals surface area contributed by atoms with Crippen molar-refractivity contribution in [2.45, 2.75) is 44.3 Å². The standard InChI is InChI=1S/C16H22FNO/c1-11-5-6-16(19-11)14-7-8-18-10-15(14)12-3-2-4-13(17)9-12/h2-4,9,11,14-16,18H,5-8,10H2,1H3. The van der Waals surface area contributed by atoms with Crippen LogP contribution < -0.4 is 5.32 Å². The Bertz CT molecular complexity index is 437. The Balaban J connectivity index is 1.81. The molecule has 0 aromatic heterocycles. The smallest absolute Gasteiger partial charge is 0.123 e. The molecule has 2 fully saturated rings. The summed E-state index contributed by atoms with van der Waals surface area (Å²) < 4.78 is 19.5. The van der Waals surface area contributed by atoms with Crippen LogP contribution in [0, 0.1) is 11.7 Å². The van der Waals surface area contributed by atoms with Crippen LogP contribution in [-0.2, 0) is 4.74 Å². The first kappa shape index (κ1) is 13.1. The van der Waals surface area contributed by atoms with E-state index in [-0.39, 0.29) is 5.82 Å². The Hall–Kier alpha value is -0.930. The van der Waals surface area contributed by atoms with Crippen molar-refractivity contribution >= 4 is 0 Å². The van der Waals surface area contributed by atoms with Gasteiger partial charge in [-0.15, -0.1) is 0 Å². The Morgan fingerprint density at radius 1 is 1.26 bits per heavy atom. The lowest BCUT2D eigenvalue weighted by Crippen LogP contribution is -2.40. The molecule has 2 saturated heterocycles. The van der Waals surface area contributed by atoms with E-state index in [1.54, 1.807) is 6.07 Å². The topological polar surface area (TPSA) is 21.3 Å². The van der Waals surface area contributed by atoms with E-state index in [9.17, 15) is 4.39 Å². The van der Waals surface area contributed by atoms with Gasteiger partial charge in [0, 0.05) is 12.5 Å². The van der Waals surface area contributed by atoms with E-state index < -0.39 is 0 Å². The summed E-state index contributed by atoms with van der Waals surface area (Å²) in [4.78, 5) is 0. The summed E-state index contributed by atoms with van der Waals surface area (Å²) in [7, 11) is 0. The number of ether oxygens (including phenoxy) is 1. The van der Waals surface area contributed by atoms with E-state index >= 15 is 0 Å². The molecule has 19 heavy (non-hydrogen) atoms. The van der Waals surface area contributed by atoms with Crippen LogP contribution in [0.1, 0.15) is 37.7 Å². The number of nitrogens with one attached hydrogen (secondary N) is 1. The van der Waals surface area contributed by atoms with Crippen molar-refractivity contribution in [1.29, 1.82) is 0 Å². The largest absolute Gasteiger partial charge is 0.375 e. The lowest BCUT2D eigenvalue weighted by molar-refractivity contribution is 0.00345. The molecule has 0 radical (unpaired) electrons. The molecule has 3 rings (SSSR count). The zero-order valence-electron chi connectivity index (χ0n) is 11.4. The molecule has 0 amide bonds. The van der Waals surface area contributed by atoms with Gasteiger partial charge in [-0.05, 0) is 56.3 Å². The molecule has 0 saturated carbocycles. The highest BCUT2D eigenvalue weighted by Gasteiger charge is 2.36. The molecular weight excluding hydrogens is 241 g/mol. The van der Waals surface area contributed by atoms with E-state index in [2.05, 4.69) is 12.2 Å². The van der Waals surface area contributed by atoms with Gasteiger partial charge in [-0.1, -0.05) is 12.1 Å². The molecule has 2 aliphatic heterocycles. The first-order valence-electron chi connectivity index (χ1n) is 7.35. The third kappa shape index (κ3) is 2.82. The summed E-state index contributed by atoms with van der Waals surface area (Å²) >= 11 is 0. The highest BCUT2D eigenvalue weighted by molar-refractivity contribution is 5.23. The van der Waals surface area contributed by atoms with Gasteiger partial charge >= 0.3 is 0 Å². The third-order valence-corrected chi connectivity index (χ3v) is 4.55. The zero-order valence-corrected chi connectivity index (χ0v) is 11.4. The van der Waals surface area contributed by atoms with Gasteiger partial charge in [0.1, 0.15) is 5.82 Å². The van der Waals surface area contributed by atoms with Gasteiger partial charge < -0.3 is 10.1 Å². The number of hydrogen-bond donors (Lipinski definition) is 1. The minimum Gasteiger partial charge on any atom is -0.375 e.